The van der Waals surface area contributed by atoms with Gasteiger partial charge in [0.1, 0.15) is 16.4 Å². The summed E-state index contributed by atoms with van der Waals surface area (Å²) in [5, 5.41) is 14.5. The lowest BCUT2D eigenvalue weighted by molar-refractivity contribution is 0.512. The molecule has 0 aliphatic carbocycles. The van der Waals surface area contributed by atoms with Gasteiger partial charge in [0.25, 0.3) is 5.56 Å². The van der Waals surface area contributed by atoms with E-state index in [-0.39, 0.29) is 11.3 Å². The minimum atomic E-state index is -0.305. The first kappa shape index (κ1) is 20.0. The molecule has 0 bridgehead atoms. The van der Waals surface area contributed by atoms with Gasteiger partial charge in [0.05, 0.1) is 22.5 Å². The van der Waals surface area contributed by atoms with Gasteiger partial charge in [-0.2, -0.15) is 4.98 Å². The SMILES string of the molecule is O=c1nc2n(c3scc(-c4ccccc4)c13)Cc1ccccc1/C2=C(/O)c1ccccc1Cl. The molecule has 1 aliphatic rings. The van der Waals surface area contributed by atoms with Crippen LogP contribution in [0.1, 0.15) is 22.5 Å². The normalized spacial score (nSPS) is 14.1. The second-order valence-electron chi connectivity index (χ2n) is 7.88. The first-order valence-corrected chi connectivity index (χ1v) is 11.7. The molecular weight excluding hydrogens is 452 g/mol. The number of aliphatic hydroxyl groups is 1. The van der Waals surface area contributed by atoms with Gasteiger partial charge in [-0.1, -0.05) is 78.3 Å². The summed E-state index contributed by atoms with van der Waals surface area (Å²) in [6.07, 6.45) is 0. The van der Waals surface area contributed by atoms with E-state index >= 15 is 0 Å². The van der Waals surface area contributed by atoms with Gasteiger partial charge in [0.15, 0.2) is 0 Å². The van der Waals surface area contributed by atoms with E-state index in [1.54, 1.807) is 12.1 Å². The second-order valence-corrected chi connectivity index (χ2v) is 9.15. The molecule has 1 N–H and O–H groups in total. The number of halogens is 1. The van der Waals surface area contributed by atoms with Gasteiger partial charge in [-0.15, -0.1) is 11.3 Å². The second kappa shape index (κ2) is 7.73. The molecule has 3 heterocycles. The zero-order valence-electron chi connectivity index (χ0n) is 17.3. The molecule has 2 aromatic heterocycles. The van der Waals surface area contributed by atoms with Crippen LogP contribution < -0.4 is 5.56 Å². The Hall–Kier alpha value is -3.67. The predicted molar refractivity (Wildman–Crippen MR) is 135 cm³/mol. The number of benzene rings is 3. The Bertz CT molecular complexity index is 1630. The number of fused-ring (bicyclic) bond motifs is 4. The van der Waals surface area contributed by atoms with Crippen LogP contribution in [0, 0.1) is 0 Å². The van der Waals surface area contributed by atoms with Crippen molar-refractivity contribution in [3.63, 3.8) is 0 Å². The lowest BCUT2D eigenvalue weighted by atomic mass is 9.92. The van der Waals surface area contributed by atoms with Crippen molar-refractivity contribution in [3.8, 4) is 11.1 Å². The standard InChI is InChI=1S/C27H17ClN2O2S/c28-21-13-7-6-12-19(21)24(31)22-18-11-5-4-10-17(18)14-30-25(22)29-26(32)23-20(15-33-27(23)30)16-8-2-1-3-9-16/h1-13,15,31H,14H2/b24-22-. The van der Waals surface area contributed by atoms with E-state index in [0.29, 0.717) is 33.9 Å². The Kier molecular flexibility index (Phi) is 4.68. The van der Waals surface area contributed by atoms with Gasteiger partial charge in [0, 0.05) is 16.5 Å². The molecule has 33 heavy (non-hydrogen) atoms. The lowest BCUT2D eigenvalue weighted by Crippen LogP contribution is -2.23. The molecule has 0 unspecified atom stereocenters. The number of thiophene rings is 1. The third kappa shape index (κ3) is 3.12. The van der Waals surface area contributed by atoms with Crippen LogP contribution in [0.3, 0.4) is 0 Å². The summed E-state index contributed by atoms with van der Waals surface area (Å²) < 4.78 is 2.03. The maximum Gasteiger partial charge on any atom is 0.282 e. The summed E-state index contributed by atoms with van der Waals surface area (Å²) in [4.78, 5) is 18.7. The van der Waals surface area contributed by atoms with E-state index in [4.69, 9.17) is 11.6 Å². The molecule has 3 aromatic carbocycles. The highest BCUT2D eigenvalue weighted by Crippen LogP contribution is 2.40. The van der Waals surface area contributed by atoms with Crippen LogP contribution in [0.4, 0.5) is 0 Å². The lowest BCUT2D eigenvalue weighted by Gasteiger charge is -2.25. The van der Waals surface area contributed by atoms with Gasteiger partial charge in [-0.3, -0.25) is 4.79 Å². The molecule has 0 saturated carbocycles. The fourth-order valence-corrected chi connectivity index (χ4v) is 5.75. The van der Waals surface area contributed by atoms with E-state index in [1.165, 1.54) is 11.3 Å². The quantitative estimate of drug-likeness (QED) is 0.291. The average Bonchev–Trinajstić information content (AvgIpc) is 3.30. The molecule has 0 saturated heterocycles. The van der Waals surface area contributed by atoms with E-state index in [2.05, 4.69) is 4.98 Å². The molecule has 160 valence electrons. The van der Waals surface area contributed by atoms with Crippen LogP contribution in [-0.4, -0.2) is 14.7 Å². The number of hydrogen-bond donors (Lipinski definition) is 1. The van der Waals surface area contributed by atoms with Crippen molar-refractivity contribution in [3.05, 3.63) is 122 Å². The van der Waals surface area contributed by atoms with Gasteiger partial charge >= 0.3 is 0 Å². The fraction of sp³-hybridized carbons (Fsp3) is 0.0370. The zero-order valence-corrected chi connectivity index (χ0v) is 18.9. The average molecular weight is 469 g/mol. The van der Waals surface area contributed by atoms with E-state index < -0.39 is 0 Å². The summed E-state index contributed by atoms with van der Waals surface area (Å²) in [7, 11) is 0. The molecule has 1 aliphatic heterocycles. The highest BCUT2D eigenvalue weighted by atomic mass is 35.5. The summed E-state index contributed by atoms with van der Waals surface area (Å²) >= 11 is 7.93. The Morgan fingerprint density at radius 2 is 1.67 bits per heavy atom. The molecule has 0 spiro atoms. The first-order chi connectivity index (χ1) is 16.1. The van der Waals surface area contributed by atoms with Crippen LogP contribution in [0.2, 0.25) is 5.02 Å². The molecule has 0 atom stereocenters. The third-order valence-corrected chi connectivity index (χ3v) is 7.31. The summed E-state index contributed by atoms with van der Waals surface area (Å²) in [5.74, 6) is 0.456. The summed E-state index contributed by atoms with van der Waals surface area (Å²) in [6.45, 7) is 0.559. The molecule has 6 rings (SSSR count). The Morgan fingerprint density at radius 3 is 2.48 bits per heavy atom. The van der Waals surface area contributed by atoms with Gasteiger partial charge < -0.3 is 9.67 Å². The van der Waals surface area contributed by atoms with Crippen molar-refractivity contribution in [2.75, 3.05) is 0 Å². The van der Waals surface area contributed by atoms with Crippen molar-refractivity contribution >= 4 is 44.5 Å². The first-order valence-electron chi connectivity index (χ1n) is 10.5. The van der Waals surface area contributed by atoms with E-state index in [0.717, 1.165) is 27.1 Å². The predicted octanol–water partition coefficient (Wildman–Crippen LogP) is 6.61. The van der Waals surface area contributed by atoms with Gasteiger partial charge in [-0.25, -0.2) is 0 Å². The Balaban J connectivity index is 1.69. The Morgan fingerprint density at radius 1 is 0.939 bits per heavy atom. The zero-order chi connectivity index (χ0) is 22.5. The number of rotatable bonds is 2. The summed E-state index contributed by atoms with van der Waals surface area (Å²) in [6, 6.07) is 24.9. The topological polar surface area (TPSA) is 55.1 Å². The monoisotopic (exact) mass is 468 g/mol. The van der Waals surface area contributed by atoms with Crippen LogP contribution in [0.25, 0.3) is 32.7 Å². The molecule has 0 radical (unpaired) electrons. The van der Waals surface area contributed by atoms with Crippen LogP contribution in [0.15, 0.2) is 89.0 Å². The molecule has 0 amide bonds. The van der Waals surface area contributed by atoms with Gasteiger partial charge in [-0.05, 0) is 28.8 Å². The molecule has 4 nitrogen and oxygen atoms in total. The van der Waals surface area contributed by atoms with Crippen LogP contribution in [-0.2, 0) is 6.54 Å². The molecule has 6 heteroatoms. The van der Waals surface area contributed by atoms with E-state index in [9.17, 15) is 9.90 Å². The van der Waals surface area contributed by atoms with Crippen molar-refractivity contribution < 1.29 is 5.11 Å². The Labute approximate surface area is 198 Å². The van der Waals surface area contributed by atoms with Crippen molar-refractivity contribution in [2.45, 2.75) is 6.54 Å². The number of aromatic nitrogens is 2. The van der Waals surface area contributed by atoms with Crippen molar-refractivity contribution in [2.24, 2.45) is 0 Å². The van der Waals surface area contributed by atoms with E-state index in [1.807, 2.05) is 76.7 Å². The molecule has 5 aromatic rings. The summed E-state index contributed by atoms with van der Waals surface area (Å²) in [5.41, 5.74) is 4.46. The number of hydrogen-bond acceptors (Lipinski definition) is 4. The third-order valence-electron chi connectivity index (χ3n) is 5.98. The van der Waals surface area contributed by atoms with Gasteiger partial charge in [0.2, 0.25) is 0 Å². The number of aliphatic hydroxyl groups excluding tert-OH is 1. The van der Waals surface area contributed by atoms with Crippen LogP contribution in [0.5, 0.6) is 0 Å². The smallest absolute Gasteiger partial charge is 0.282 e. The molecular formula is C27H17ClN2O2S. The van der Waals surface area contributed by atoms with Crippen molar-refractivity contribution in [1.29, 1.82) is 0 Å². The van der Waals surface area contributed by atoms with Crippen LogP contribution >= 0.6 is 22.9 Å². The largest absolute Gasteiger partial charge is 0.506 e. The number of nitrogens with zero attached hydrogens (tertiary/aromatic N) is 2. The minimum absolute atomic E-state index is 0.00703. The highest BCUT2D eigenvalue weighted by Gasteiger charge is 2.28. The van der Waals surface area contributed by atoms with Crippen molar-refractivity contribution in [1.82, 2.24) is 9.55 Å². The maximum atomic E-state index is 13.3. The minimum Gasteiger partial charge on any atom is -0.506 e. The fourth-order valence-electron chi connectivity index (χ4n) is 4.44. The maximum absolute atomic E-state index is 13.3. The highest BCUT2D eigenvalue weighted by molar-refractivity contribution is 7.17. The molecule has 0 fully saturated rings.